The second-order valence-electron chi connectivity index (χ2n) is 3.92. The molecule has 0 aliphatic heterocycles. The summed E-state index contributed by atoms with van der Waals surface area (Å²) in [6.07, 6.45) is 1.11. The number of benzene rings is 1. The minimum atomic E-state index is -3.06. The van der Waals surface area contributed by atoms with Gasteiger partial charge in [0, 0.05) is 24.9 Å². The van der Waals surface area contributed by atoms with Crippen LogP contribution in [-0.2, 0) is 16.4 Å². The minimum Gasteiger partial charge on any atom is -0.478 e. The molecule has 5 nitrogen and oxygen atoms in total. The van der Waals surface area contributed by atoms with Crippen molar-refractivity contribution in [2.24, 2.45) is 0 Å². The van der Waals surface area contributed by atoms with E-state index in [0.717, 1.165) is 12.3 Å². The second kappa shape index (κ2) is 5.92. The average molecular weight is 275 g/mol. The third-order valence-corrected chi connectivity index (χ3v) is 3.20. The largest absolute Gasteiger partial charge is 0.478 e. The predicted octanol–water partition coefficient (Wildman–Crippen LogP) is 0.658. The van der Waals surface area contributed by atoms with Crippen LogP contribution in [0.4, 0.5) is 4.39 Å². The van der Waals surface area contributed by atoms with E-state index in [1.807, 2.05) is 0 Å². The van der Waals surface area contributed by atoms with Gasteiger partial charge in [-0.2, -0.15) is 0 Å². The maximum atomic E-state index is 13.3. The Morgan fingerprint density at radius 1 is 1.44 bits per heavy atom. The van der Waals surface area contributed by atoms with Crippen LogP contribution in [0.1, 0.15) is 15.9 Å². The van der Waals surface area contributed by atoms with Crippen LogP contribution in [-0.4, -0.2) is 38.0 Å². The van der Waals surface area contributed by atoms with E-state index in [2.05, 4.69) is 5.32 Å². The molecule has 0 saturated heterocycles. The summed E-state index contributed by atoms with van der Waals surface area (Å²) in [6, 6.07) is 3.49. The molecule has 0 spiro atoms. The van der Waals surface area contributed by atoms with E-state index in [1.165, 1.54) is 12.1 Å². The number of hydrogen-bond donors (Lipinski definition) is 2. The van der Waals surface area contributed by atoms with Crippen molar-refractivity contribution < 1.29 is 22.7 Å². The third kappa shape index (κ3) is 4.80. The Bertz CT molecular complexity index is 542. The Labute approximate surface area is 105 Å². The van der Waals surface area contributed by atoms with E-state index >= 15 is 0 Å². The van der Waals surface area contributed by atoms with E-state index < -0.39 is 21.6 Å². The summed E-state index contributed by atoms with van der Waals surface area (Å²) in [5.41, 5.74) is 0.194. The number of carboxylic acid groups (broad SMARTS) is 1. The summed E-state index contributed by atoms with van der Waals surface area (Å²) < 4.78 is 35.1. The van der Waals surface area contributed by atoms with Crippen molar-refractivity contribution in [1.82, 2.24) is 5.32 Å². The lowest BCUT2D eigenvalue weighted by molar-refractivity contribution is 0.0696. The number of aromatic carboxylic acids is 1. The molecule has 0 unspecified atom stereocenters. The lowest BCUT2D eigenvalue weighted by atomic mass is 10.1. The zero-order chi connectivity index (χ0) is 13.8. The topological polar surface area (TPSA) is 83.5 Å². The van der Waals surface area contributed by atoms with Gasteiger partial charge in [-0.3, -0.25) is 0 Å². The van der Waals surface area contributed by atoms with Crippen LogP contribution in [0.2, 0.25) is 0 Å². The molecule has 100 valence electrons. The standard InChI is InChI=1S/C11H14FNO4S/c1-18(16,17)5-4-13-7-9-6-8(11(14)15)2-3-10(9)12/h2-3,6,13H,4-5,7H2,1H3,(H,14,15). The maximum Gasteiger partial charge on any atom is 0.335 e. The van der Waals surface area contributed by atoms with Crippen molar-refractivity contribution in [1.29, 1.82) is 0 Å². The Morgan fingerprint density at radius 2 is 2.11 bits per heavy atom. The Kier molecular flexibility index (Phi) is 4.80. The number of carbonyl (C=O) groups is 1. The molecule has 0 atom stereocenters. The van der Waals surface area contributed by atoms with E-state index in [9.17, 15) is 17.6 Å². The first-order valence-corrected chi connectivity index (χ1v) is 7.26. The first kappa shape index (κ1) is 14.6. The second-order valence-corrected chi connectivity index (χ2v) is 6.18. The molecule has 1 aromatic rings. The molecule has 0 heterocycles. The van der Waals surface area contributed by atoms with E-state index in [0.29, 0.717) is 0 Å². The average Bonchev–Trinajstić information content (AvgIpc) is 2.24. The zero-order valence-electron chi connectivity index (χ0n) is 9.81. The van der Waals surface area contributed by atoms with Gasteiger partial charge in [0.2, 0.25) is 0 Å². The van der Waals surface area contributed by atoms with Crippen LogP contribution in [0.15, 0.2) is 18.2 Å². The molecule has 18 heavy (non-hydrogen) atoms. The number of nitrogens with one attached hydrogen (secondary N) is 1. The Morgan fingerprint density at radius 3 is 2.67 bits per heavy atom. The fourth-order valence-corrected chi connectivity index (χ4v) is 1.84. The van der Waals surface area contributed by atoms with Crippen LogP contribution in [0, 0.1) is 5.82 Å². The van der Waals surface area contributed by atoms with Gasteiger partial charge in [-0.15, -0.1) is 0 Å². The first-order valence-electron chi connectivity index (χ1n) is 5.20. The van der Waals surface area contributed by atoms with Crippen molar-refractivity contribution in [3.63, 3.8) is 0 Å². The fraction of sp³-hybridized carbons (Fsp3) is 0.364. The number of rotatable bonds is 6. The summed E-state index contributed by atoms with van der Waals surface area (Å²) in [4.78, 5) is 10.7. The van der Waals surface area contributed by atoms with Gasteiger partial charge in [-0.05, 0) is 18.2 Å². The molecule has 2 N–H and O–H groups in total. The minimum absolute atomic E-state index is 0.00341. The lowest BCUT2D eigenvalue weighted by Gasteiger charge is -2.06. The van der Waals surface area contributed by atoms with Gasteiger partial charge in [-0.1, -0.05) is 0 Å². The number of sulfone groups is 1. The zero-order valence-corrected chi connectivity index (χ0v) is 10.6. The molecule has 0 aliphatic carbocycles. The molecule has 0 saturated carbocycles. The van der Waals surface area contributed by atoms with Crippen molar-refractivity contribution in [2.75, 3.05) is 18.6 Å². The highest BCUT2D eigenvalue weighted by molar-refractivity contribution is 7.90. The molecule has 0 radical (unpaired) electrons. The van der Waals surface area contributed by atoms with Crippen molar-refractivity contribution in [2.45, 2.75) is 6.54 Å². The normalized spacial score (nSPS) is 11.4. The Hall–Kier alpha value is -1.47. The van der Waals surface area contributed by atoms with Crippen LogP contribution in [0.3, 0.4) is 0 Å². The predicted molar refractivity (Wildman–Crippen MR) is 64.8 cm³/mol. The molecule has 1 rings (SSSR count). The SMILES string of the molecule is CS(=O)(=O)CCNCc1cc(C(=O)O)ccc1F. The number of halogens is 1. The van der Waals surface area contributed by atoms with Gasteiger partial charge in [-0.25, -0.2) is 17.6 Å². The van der Waals surface area contributed by atoms with Gasteiger partial charge >= 0.3 is 5.97 Å². The number of carboxylic acids is 1. The van der Waals surface area contributed by atoms with Gasteiger partial charge in [0.1, 0.15) is 15.7 Å². The lowest BCUT2D eigenvalue weighted by Crippen LogP contribution is -2.22. The van der Waals surface area contributed by atoms with Gasteiger partial charge in [0.25, 0.3) is 0 Å². The van der Waals surface area contributed by atoms with Crippen LogP contribution in [0.5, 0.6) is 0 Å². The van der Waals surface area contributed by atoms with E-state index in [4.69, 9.17) is 5.11 Å². The summed E-state index contributed by atoms with van der Waals surface area (Å²) in [7, 11) is -3.06. The fourth-order valence-electron chi connectivity index (χ4n) is 1.32. The van der Waals surface area contributed by atoms with Crippen molar-refractivity contribution in [3.05, 3.63) is 35.1 Å². The molecular formula is C11H14FNO4S. The summed E-state index contributed by atoms with van der Waals surface area (Å²) in [6.45, 7) is 0.276. The van der Waals surface area contributed by atoms with Crippen molar-refractivity contribution >= 4 is 15.8 Å². The maximum absolute atomic E-state index is 13.3. The van der Waals surface area contributed by atoms with Crippen LogP contribution < -0.4 is 5.32 Å². The molecule has 0 aliphatic rings. The highest BCUT2D eigenvalue weighted by Crippen LogP contribution is 2.10. The molecular weight excluding hydrogens is 261 g/mol. The molecule has 0 fully saturated rings. The summed E-state index contributed by atoms with van der Waals surface area (Å²) in [5, 5.41) is 11.5. The molecule has 7 heteroatoms. The molecule has 0 aromatic heterocycles. The van der Waals surface area contributed by atoms with E-state index in [-0.39, 0.29) is 30.0 Å². The van der Waals surface area contributed by atoms with Gasteiger partial charge < -0.3 is 10.4 Å². The highest BCUT2D eigenvalue weighted by Gasteiger charge is 2.08. The van der Waals surface area contributed by atoms with Crippen LogP contribution in [0.25, 0.3) is 0 Å². The molecule has 1 aromatic carbocycles. The van der Waals surface area contributed by atoms with Crippen molar-refractivity contribution in [3.8, 4) is 0 Å². The van der Waals surface area contributed by atoms with Gasteiger partial charge in [0.15, 0.2) is 0 Å². The third-order valence-electron chi connectivity index (χ3n) is 2.26. The highest BCUT2D eigenvalue weighted by atomic mass is 32.2. The Balaban J connectivity index is 2.61. The van der Waals surface area contributed by atoms with Crippen LogP contribution >= 0.6 is 0 Å². The quantitative estimate of drug-likeness (QED) is 0.745. The first-order chi connectivity index (χ1) is 8.29. The number of hydrogen-bond acceptors (Lipinski definition) is 4. The summed E-state index contributed by atoms with van der Waals surface area (Å²) >= 11 is 0. The van der Waals surface area contributed by atoms with E-state index in [1.54, 1.807) is 0 Å². The smallest absolute Gasteiger partial charge is 0.335 e. The molecule has 0 bridgehead atoms. The monoisotopic (exact) mass is 275 g/mol. The van der Waals surface area contributed by atoms with Gasteiger partial charge in [0.05, 0.1) is 11.3 Å². The molecule has 0 amide bonds. The summed E-state index contributed by atoms with van der Waals surface area (Å²) in [5.74, 6) is -1.70.